The van der Waals surface area contributed by atoms with Gasteiger partial charge in [-0.1, -0.05) is 42.8 Å². The molecule has 1 aromatic heterocycles. The second-order valence-electron chi connectivity index (χ2n) is 11.0. The number of fused-ring (bicyclic) bond motifs is 2. The van der Waals surface area contributed by atoms with Gasteiger partial charge in [0.15, 0.2) is 12.4 Å². The van der Waals surface area contributed by atoms with E-state index in [1.807, 2.05) is 44.2 Å². The maximum Gasteiger partial charge on any atom is 0.339 e. The van der Waals surface area contributed by atoms with E-state index in [1.165, 1.54) is 4.90 Å². The molecule has 2 amide bonds. The van der Waals surface area contributed by atoms with E-state index in [2.05, 4.69) is 0 Å². The Hall–Kier alpha value is -5.11. The third kappa shape index (κ3) is 5.20. The number of benzene rings is 3. The number of allylic oxidation sites excluding steroid dienone is 2. The van der Waals surface area contributed by atoms with Crippen LogP contribution < -0.4 is 9.64 Å². The van der Waals surface area contributed by atoms with Crippen LogP contribution in [0.25, 0.3) is 22.2 Å². The number of anilines is 1. The van der Waals surface area contributed by atoms with Crippen molar-refractivity contribution in [3.05, 3.63) is 102 Å². The summed E-state index contributed by atoms with van der Waals surface area (Å²) in [4.78, 5) is 58.5. The fraction of sp³-hybridized carbons (Fsp3) is 0.229. The first-order valence-electron chi connectivity index (χ1n) is 14.2. The molecule has 8 nitrogen and oxygen atoms in total. The summed E-state index contributed by atoms with van der Waals surface area (Å²) in [7, 11) is 1.54. The van der Waals surface area contributed by atoms with Crippen molar-refractivity contribution in [1.29, 1.82) is 0 Å². The van der Waals surface area contributed by atoms with E-state index in [-0.39, 0.29) is 40.9 Å². The number of aryl methyl sites for hydroxylation is 1. The van der Waals surface area contributed by atoms with Crippen LogP contribution in [0, 0.1) is 24.7 Å². The standard InChI is InChI=1S/C35H30N2O6/c1-20-7-16-29-27(17-20)28(35(41)43-19-31(38)23-10-14-25(42-3)15-11-23)18-30(36-29)22-8-12-24(13-9-22)37-33(39)26-6-4-5-21(2)32(26)34(37)40/h4-5,7-18,21,26,32H,6,19H2,1-3H3. The largest absolute Gasteiger partial charge is 0.497 e. The van der Waals surface area contributed by atoms with Crippen molar-refractivity contribution in [2.45, 2.75) is 20.3 Å². The van der Waals surface area contributed by atoms with Crippen molar-refractivity contribution >= 4 is 40.2 Å². The molecule has 6 rings (SSSR count). The first-order chi connectivity index (χ1) is 20.7. The van der Waals surface area contributed by atoms with E-state index in [1.54, 1.807) is 61.7 Å². The first-order valence-corrected chi connectivity index (χ1v) is 14.2. The molecule has 2 aliphatic rings. The van der Waals surface area contributed by atoms with Gasteiger partial charge >= 0.3 is 5.97 Å². The van der Waals surface area contributed by atoms with Gasteiger partial charge in [0.05, 0.1) is 41.4 Å². The molecule has 1 aliphatic carbocycles. The molecule has 8 heteroatoms. The molecule has 0 N–H and O–H groups in total. The van der Waals surface area contributed by atoms with Gasteiger partial charge in [-0.05, 0) is 73.9 Å². The Labute approximate surface area is 248 Å². The number of ketones is 1. The number of carbonyl (C=O) groups is 4. The first kappa shape index (κ1) is 28.0. The molecule has 0 saturated carbocycles. The molecule has 0 spiro atoms. The zero-order chi connectivity index (χ0) is 30.2. The number of aromatic nitrogens is 1. The summed E-state index contributed by atoms with van der Waals surface area (Å²) < 4.78 is 10.6. The Kier molecular flexibility index (Phi) is 7.36. The molecule has 216 valence electrons. The Morgan fingerprint density at radius 3 is 2.40 bits per heavy atom. The Bertz CT molecular complexity index is 1790. The monoisotopic (exact) mass is 574 g/mol. The minimum absolute atomic E-state index is 0.00888. The van der Waals surface area contributed by atoms with Crippen LogP contribution in [-0.4, -0.2) is 42.3 Å². The molecule has 1 fully saturated rings. The highest BCUT2D eigenvalue weighted by molar-refractivity contribution is 6.22. The van der Waals surface area contributed by atoms with Crippen molar-refractivity contribution < 1.29 is 28.7 Å². The molecule has 2 heterocycles. The van der Waals surface area contributed by atoms with E-state index in [9.17, 15) is 19.2 Å². The highest BCUT2D eigenvalue weighted by Gasteiger charge is 2.50. The van der Waals surface area contributed by atoms with Gasteiger partial charge in [-0.15, -0.1) is 0 Å². The summed E-state index contributed by atoms with van der Waals surface area (Å²) in [6.45, 7) is 3.47. The second kappa shape index (κ2) is 11.3. The Morgan fingerprint density at radius 1 is 0.953 bits per heavy atom. The fourth-order valence-electron chi connectivity index (χ4n) is 5.91. The van der Waals surface area contributed by atoms with Gasteiger partial charge in [-0.25, -0.2) is 9.78 Å². The third-order valence-corrected chi connectivity index (χ3v) is 8.22. The Morgan fingerprint density at radius 2 is 1.70 bits per heavy atom. The van der Waals surface area contributed by atoms with E-state index in [0.29, 0.717) is 45.6 Å². The average molecular weight is 575 g/mol. The zero-order valence-corrected chi connectivity index (χ0v) is 24.1. The van der Waals surface area contributed by atoms with Crippen molar-refractivity contribution in [1.82, 2.24) is 4.98 Å². The molecule has 3 aromatic carbocycles. The van der Waals surface area contributed by atoms with Crippen molar-refractivity contribution in [2.24, 2.45) is 17.8 Å². The van der Waals surface area contributed by atoms with Crippen LogP contribution in [0.15, 0.2) is 84.9 Å². The molecule has 1 aliphatic heterocycles. The van der Waals surface area contributed by atoms with E-state index in [0.717, 1.165) is 5.56 Å². The highest BCUT2D eigenvalue weighted by atomic mass is 16.5. The molecule has 43 heavy (non-hydrogen) atoms. The molecule has 3 atom stereocenters. The van der Waals surface area contributed by atoms with Crippen molar-refractivity contribution in [2.75, 3.05) is 18.6 Å². The number of rotatable bonds is 7. The molecule has 4 aromatic rings. The fourth-order valence-corrected chi connectivity index (χ4v) is 5.91. The third-order valence-electron chi connectivity index (χ3n) is 8.22. The van der Waals surface area contributed by atoms with Gasteiger partial charge in [0.2, 0.25) is 11.8 Å². The number of hydrogen-bond acceptors (Lipinski definition) is 7. The summed E-state index contributed by atoms with van der Waals surface area (Å²) in [6.07, 6.45) is 4.55. The molecular formula is C35H30N2O6. The van der Waals surface area contributed by atoms with Crippen LogP contribution >= 0.6 is 0 Å². The number of imide groups is 1. The van der Waals surface area contributed by atoms with Gasteiger partial charge < -0.3 is 9.47 Å². The number of hydrogen-bond donors (Lipinski definition) is 0. The van der Waals surface area contributed by atoms with Gasteiger partial charge in [0, 0.05) is 16.5 Å². The summed E-state index contributed by atoms with van der Waals surface area (Å²) in [5, 5.41) is 0.612. The SMILES string of the molecule is COc1ccc(C(=O)COC(=O)c2cc(-c3ccc(N4C(=O)C5CC=CC(C)C5C4=O)cc3)nc3ccc(C)cc23)cc1. The predicted molar refractivity (Wildman–Crippen MR) is 162 cm³/mol. The number of Topliss-reactive ketones (excluding diaryl/α,β-unsaturated/α-hetero) is 1. The number of amides is 2. The minimum atomic E-state index is -0.642. The van der Waals surface area contributed by atoms with Gasteiger partial charge in [-0.2, -0.15) is 0 Å². The average Bonchev–Trinajstić information content (AvgIpc) is 3.29. The summed E-state index contributed by atoms with van der Waals surface area (Å²) in [6, 6.07) is 20.9. The number of esters is 1. The number of ether oxygens (including phenoxy) is 2. The molecule has 0 radical (unpaired) electrons. The zero-order valence-electron chi connectivity index (χ0n) is 24.1. The lowest BCUT2D eigenvalue weighted by atomic mass is 9.78. The molecule has 3 unspecified atom stereocenters. The number of pyridine rings is 1. The summed E-state index contributed by atoms with van der Waals surface area (Å²) in [5.74, 6) is -1.36. The molecule has 1 saturated heterocycles. The lowest BCUT2D eigenvalue weighted by Gasteiger charge is -2.22. The van der Waals surface area contributed by atoms with Crippen molar-refractivity contribution in [3.8, 4) is 17.0 Å². The maximum atomic E-state index is 13.3. The van der Waals surface area contributed by atoms with E-state index >= 15 is 0 Å². The topological polar surface area (TPSA) is 103 Å². The maximum absolute atomic E-state index is 13.3. The van der Waals surface area contributed by atoms with Gasteiger partial charge in [0.25, 0.3) is 0 Å². The molecule has 0 bridgehead atoms. The van der Waals surface area contributed by atoms with E-state index < -0.39 is 12.6 Å². The number of carbonyl (C=O) groups excluding carboxylic acids is 4. The normalized spacial score (nSPS) is 19.4. The van der Waals surface area contributed by atoms with Crippen molar-refractivity contribution in [3.63, 3.8) is 0 Å². The highest BCUT2D eigenvalue weighted by Crippen LogP contribution is 2.40. The number of methoxy groups -OCH3 is 1. The quantitative estimate of drug-likeness (QED) is 0.116. The van der Waals surface area contributed by atoms with Crippen LogP contribution in [-0.2, 0) is 14.3 Å². The van der Waals surface area contributed by atoms with Gasteiger partial charge in [0.1, 0.15) is 5.75 Å². The van der Waals surface area contributed by atoms with Crippen LogP contribution in [0.3, 0.4) is 0 Å². The minimum Gasteiger partial charge on any atom is -0.497 e. The van der Waals surface area contributed by atoms with Crippen LogP contribution in [0.5, 0.6) is 5.75 Å². The lowest BCUT2D eigenvalue weighted by Crippen LogP contribution is -2.31. The van der Waals surface area contributed by atoms with Crippen LogP contribution in [0.4, 0.5) is 5.69 Å². The van der Waals surface area contributed by atoms with Crippen LogP contribution in [0.2, 0.25) is 0 Å². The van der Waals surface area contributed by atoms with E-state index in [4.69, 9.17) is 14.5 Å². The van der Waals surface area contributed by atoms with Crippen LogP contribution in [0.1, 0.15) is 39.6 Å². The second-order valence-corrected chi connectivity index (χ2v) is 11.0. The lowest BCUT2D eigenvalue weighted by molar-refractivity contribution is -0.122. The summed E-state index contributed by atoms with van der Waals surface area (Å²) >= 11 is 0. The molecular weight excluding hydrogens is 544 g/mol. The van der Waals surface area contributed by atoms with Gasteiger partial charge in [-0.3, -0.25) is 19.3 Å². The smallest absolute Gasteiger partial charge is 0.339 e. The Balaban J connectivity index is 1.27. The summed E-state index contributed by atoms with van der Waals surface area (Å²) in [5.41, 5.74) is 3.95. The number of nitrogens with zero attached hydrogens (tertiary/aromatic N) is 2. The predicted octanol–water partition coefficient (Wildman–Crippen LogP) is 5.96.